The fourth-order valence-electron chi connectivity index (χ4n) is 0.482. The summed E-state index contributed by atoms with van der Waals surface area (Å²) in [4.78, 5) is 11.0. The highest BCUT2D eigenvalue weighted by Gasteiger charge is 2.15. The maximum absolute atomic E-state index is 11.0. The van der Waals surface area contributed by atoms with E-state index in [0.717, 1.165) is 12.0 Å². The van der Waals surface area contributed by atoms with Crippen molar-refractivity contribution in [3.05, 3.63) is 0 Å². The standard InChI is InChI=1S/C7H15NO4S/c1-7(2,3)12-6(10)8-4-13-11-5-9/h9H,4-5H2,1-3H3,(H,8,10). The highest BCUT2D eigenvalue weighted by atomic mass is 32.2. The van der Waals surface area contributed by atoms with E-state index in [0.29, 0.717) is 0 Å². The molecule has 0 aliphatic carbocycles. The minimum absolute atomic E-state index is 0.246. The van der Waals surface area contributed by atoms with Crippen molar-refractivity contribution in [2.45, 2.75) is 26.4 Å². The summed E-state index contributed by atoms with van der Waals surface area (Å²) in [6, 6.07) is 0. The number of aliphatic hydroxyl groups is 1. The smallest absolute Gasteiger partial charge is 0.408 e. The highest BCUT2D eigenvalue weighted by molar-refractivity contribution is 7.94. The van der Waals surface area contributed by atoms with E-state index in [4.69, 9.17) is 9.84 Å². The number of nitrogens with one attached hydrogen (secondary N) is 1. The highest BCUT2D eigenvalue weighted by Crippen LogP contribution is 2.07. The third-order valence-corrected chi connectivity index (χ3v) is 1.34. The summed E-state index contributed by atoms with van der Waals surface area (Å²) in [5.74, 6) is 0.246. The molecule has 0 spiro atoms. The van der Waals surface area contributed by atoms with Crippen LogP contribution in [0.5, 0.6) is 0 Å². The lowest BCUT2D eigenvalue weighted by atomic mass is 10.2. The second-order valence-electron chi connectivity index (χ2n) is 3.19. The fraction of sp³-hybridized carbons (Fsp3) is 0.857. The summed E-state index contributed by atoms with van der Waals surface area (Å²) in [7, 11) is 0. The second-order valence-corrected chi connectivity index (χ2v) is 3.95. The van der Waals surface area contributed by atoms with Gasteiger partial charge >= 0.3 is 6.09 Å². The number of carbonyl (C=O) groups excluding carboxylic acids is 1. The van der Waals surface area contributed by atoms with Crippen LogP contribution < -0.4 is 5.32 Å². The van der Waals surface area contributed by atoms with Gasteiger partial charge in [-0.05, 0) is 20.8 Å². The molecule has 0 aromatic rings. The summed E-state index contributed by atoms with van der Waals surface area (Å²) in [5, 5.41) is 10.7. The SMILES string of the molecule is CC(C)(C)OC(=O)NCSOCO. The van der Waals surface area contributed by atoms with Crippen LogP contribution >= 0.6 is 12.0 Å². The molecule has 0 rings (SSSR count). The van der Waals surface area contributed by atoms with Crippen molar-refractivity contribution >= 4 is 18.1 Å². The minimum atomic E-state index is -0.499. The molecule has 2 N–H and O–H groups in total. The monoisotopic (exact) mass is 209 g/mol. The zero-order valence-electron chi connectivity index (χ0n) is 7.99. The molecule has 0 unspecified atom stereocenters. The lowest BCUT2D eigenvalue weighted by molar-refractivity contribution is 0.0535. The Morgan fingerprint density at radius 2 is 2.15 bits per heavy atom. The first-order chi connectivity index (χ1) is 5.95. The number of hydrogen-bond donors (Lipinski definition) is 2. The van der Waals surface area contributed by atoms with E-state index in [9.17, 15) is 4.79 Å². The van der Waals surface area contributed by atoms with Crippen LogP contribution in [0, 0.1) is 0 Å². The Morgan fingerprint density at radius 3 is 2.62 bits per heavy atom. The van der Waals surface area contributed by atoms with Crippen LogP contribution in [-0.2, 0) is 8.92 Å². The van der Waals surface area contributed by atoms with Gasteiger partial charge in [-0.3, -0.25) is 4.18 Å². The Hall–Kier alpha value is -0.460. The third kappa shape index (κ3) is 9.45. The molecule has 0 saturated carbocycles. The molecule has 0 aromatic carbocycles. The van der Waals surface area contributed by atoms with Crippen molar-refractivity contribution in [2.75, 3.05) is 12.7 Å². The number of alkyl carbamates (subject to hydrolysis) is 1. The molecule has 0 saturated heterocycles. The molecule has 0 fully saturated rings. The zero-order valence-corrected chi connectivity index (χ0v) is 8.81. The van der Waals surface area contributed by atoms with E-state index in [1.165, 1.54) is 0 Å². The molecule has 0 radical (unpaired) electrons. The van der Waals surface area contributed by atoms with Gasteiger partial charge in [0.1, 0.15) is 5.60 Å². The van der Waals surface area contributed by atoms with Crippen LogP contribution in [0.25, 0.3) is 0 Å². The van der Waals surface area contributed by atoms with Gasteiger partial charge in [0, 0.05) is 12.0 Å². The summed E-state index contributed by atoms with van der Waals surface area (Å²) in [6.45, 7) is 4.97. The van der Waals surface area contributed by atoms with Gasteiger partial charge in [-0.2, -0.15) is 0 Å². The van der Waals surface area contributed by atoms with Crippen LogP contribution in [0.1, 0.15) is 20.8 Å². The molecule has 78 valence electrons. The predicted octanol–water partition coefficient (Wildman–Crippen LogP) is 1.08. The molecule has 5 nitrogen and oxygen atoms in total. The number of amides is 1. The first kappa shape index (κ1) is 12.5. The molecular formula is C7H15NO4S. The maximum atomic E-state index is 11.0. The molecule has 1 amide bonds. The van der Waals surface area contributed by atoms with Crippen molar-refractivity contribution in [1.29, 1.82) is 0 Å². The van der Waals surface area contributed by atoms with Crippen LogP contribution in [-0.4, -0.2) is 29.5 Å². The average molecular weight is 209 g/mol. The molecule has 0 bridgehead atoms. The van der Waals surface area contributed by atoms with E-state index in [-0.39, 0.29) is 12.7 Å². The molecule has 6 heteroatoms. The summed E-state index contributed by atoms with van der Waals surface area (Å²) < 4.78 is 9.45. The molecule has 0 aliphatic heterocycles. The number of carbonyl (C=O) groups is 1. The van der Waals surface area contributed by atoms with Crippen LogP contribution in [0.3, 0.4) is 0 Å². The van der Waals surface area contributed by atoms with Crippen LogP contribution in [0.15, 0.2) is 0 Å². The lowest BCUT2D eigenvalue weighted by Gasteiger charge is -2.19. The Balaban J connectivity index is 3.41. The molecule has 0 atom stereocenters. The number of aliphatic hydroxyl groups excluding tert-OH is 1. The summed E-state index contributed by atoms with van der Waals surface area (Å²) in [5.41, 5.74) is -0.493. The first-order valence-corrected chi connectivity index (χ1v) is 4.69. The van der Waals surface area contributed by atoms with E-state index in [1.54, 1.807) is 20.8 Å². The Bertz CT molecular complexity index is 157. The molecular weight excluding hydrogens is 194 g/mol. The Labute approximate surface area is 82.0 Å². The fourth-order valence-corrected chi connectivity index (χ4v) is 0.816. The largest absolute Gasteiger partial charge is 0.444 e. The van der Waals surface area contributed by atoms with E-state index < -0.39 is 11.7 Å². The van der Waals surface area contributed by atoms with Crippen LogP contribution in [0.4, 0.5) is 4.79 Å². The van der Waals surface area contributed by atoms with Crippen LogP contribution in [0.2, 0.25) is 0 Å². The second kappa shape index (κ2) is 6.06. The van der Waals surface area contributed by atoms with Gasteiger partial charge in [0.25, 0.3) is 0 Å². The maximum Gasteiger partial charge on any atom is 0.408 e. The van der Waals surface area contributed by atoms with Gasteiger partial charge in [0.05, 0.1) is 5.88 Å². The van der Waals surface area contributed by atoms with E-state index in [1.807, 2.05) is 0 Å². The van der Waals surface area contributed by atoms with Crippen molar-refractivity contribution in [3.63, 3.8) is 0 Å². The molecule has 0 aliphatic rings. The van der Waals surface area contributed by atoms with Gasteiger partial charge in [-0.25, -0.2) is 4.79 Å². The van der Waals surface area contributed by atoms with Gasteiger partial charge in [-0.15, -0.1) is 0 Å². The van der Waals surface area contributed by atoms with E-state index in [2.05, 4.69) is 9.50 Å². The van der Waals surface area contributed by atoms with Gasteiger partial charge in [0.15, 0.2) is 6.79 Å². The quantitative estimate of drug-likeness (QED) is 0.412. The van der Waals surface area contributed by atoms with Gasteiger partial charge < -0.3 is 15.2 Å². The summed E-state index contributed by atoms with van der Waals surface area (Å²) in [6.07, 6.45) is -0.499. The van der Waals surface area contributed by atoms with Crippen molar-refractivity contribution in [1.82, 2.24) is 5.32 Å². The topological polar surface area (TPSA) is 67.8 Å². The number of rotatable bonds is 4. The number of hydrogen-bond acceptors (Lipinski definition) is 5. The third-order valence-electron chi connectivity index (χ3n) is 0.810. The number of ether oxygens (including phenoxy) is 1. The Kier molecular flexibility index (Phi) is 5.85. The molecule has 0 heterocycles. The lowest BCUT2D eigenvalue weighted by Crippen LogP contribution is -2.32. The van der Waals surface area contributed by atoms with Gasteiger partial charge in [0.2, 0.25) is 0 Å². The van der Waals surface area contributed by atoms with E-state index >= 15 is 0 Å². The average Bonchev–Trinajstić information content (AvgIpc) is 1.94. The van der Waals surface area contributed by atoms with Crippen molar-refractivity contribution in [2.24, 2.45) is 0 Å². The first-order valence-electron chi connectivity index (χ1n) is 3.78. The normalized spacial score (nSPS) is 11.1. The minimum Gasteiger partial charge on any atom is -0.444 e. The van der Waals surface area contributed by atoms with Crippen molar-refractivity contribution in [3.8, 4) is 0 Å². The molecule has 13 heavy (non-hydrogen) atoms. The summed E-state index contributed by atoms with van der Waals surface area (Å²) >= 11 is 0.946. The van der Waals surface area contributed by atoms with Gasteiger partial charge in [-0.1, -0.05) is 0 Å². The zero-order chi connectivity index (χ0) is 10.3. The molecule has 0 aromatic heterocycles. The predicted molar refractivity (Wildman–Crippen MR) is 50.0 cm³/mol. The Morgan fingerprint density at radius 1 is 1.54 bits per heavy atom. The van der Waals surface area contributed by atoms with Crippen molar-refractivity contribution < 1.29 is 18.8 Å².